The van der Waals surface area contributed by atoms with Gasteiger partial charge < -0.3 is 10.6 Å². The summed E-state index contributed by atoms with van der Waals surface area (Å²) in [6.45, 7) is 9.08. The highest BCUT2D eigenvalue weighted by Crippen LogP contribution is 2.17. The number of aryl methyl sites for hydroxylation is 2. The molecule has 0 saturated carbocycles. The van der Waals surface area contributed by atoms with Crippen LogP contribution in [0.25, 0.3) is 0 Å². The molecule has 0 aliphatic rings. The van der Waals surface area contributed by atoms with E-state index in [9.17, 15) is 4.79 Å². The molecule has 0 saturated heterocycles. The Morgan fingerprint density at radius 3 is 2.53 bits per heavy atom. The van der Waals surface area contributed by atoms with Crippen molar-refractivity contribution in [1.29, 1.82) is 0 Å². The van der Waals surface area contributed by atoms with E-state index in [1.807, 2.05) is 34.7 Å². The molecule has 2 N–H and O–H groups in total. The van der Waals surface area contributed by atoms with Crippen LogP contribution in [0.15, 0.2) is 0 Å². The first-order valence-corrected chi connectivity index (χ1v) is 6.78. The summed E-state index contributed by atoms with van der Waals surface area (Å²) in [5.74, 6) is 0.0500. The van der Waals surface area contributed by atoms with Crippen molar-refractivity contribution in [3.8, 4) is 0 Å². The molecule has 108 valence electrons. The second-order valence-electron chi connectivity index (χ2n) is 5.70. The summed E-state index contributed by atoms with van der Waals surface area (Å²) in [6, 6.07) is 0. The van der Waals surface area contributed by atoms with Crippen molar-refractivity contribution in [3.05, 3.63) is 16.4 Å². The Hall–Kier alpha value is -1.07. The molecular formula is C13H23ClN4O. The number of nitrogens with zero attached hydrogens (tertiary/aromatic N) is 2. The fourth-order valence-corrected chi connectivity index (χ4v) is 2.01. The van der Waals surface area contributed by atoms with E-state index in [4.69, 9.17) is 11.6 Å². The summed E-state index contributed by atoms with van der Waals surface area (Å²) in [5.41, 5.74) is 1.72. The first kappa shape index (κ1) is 16.0. The first-order chi connectivity index (χ1) is 8.70. The molecule has 5 nitrogen and oxygen atoms in total. The highest BCUT2D eigenvalue weighted by atomic mass is 35.5. The van der Waals surface area contributed by atoms with Gasteiger partial charge in [0, 0.05) is 37.7 Å². The number of nitrogens with one attached hydrogen (secondary N) is 2. The van der Waals surface area contributed by atoms with Gasteiger partial charge in [0.05, 0.1) is 5.69 Å². The molecule has 0 spiro atoms. The Bertz CT molecular complexity index is 448. The molecule has 1 heterocycles. The zero-order valence-corrected chi connectivity index (χ0v) is 13.1. The number of hydrogen-bond acceptors (Lipinski definition) is 3. The van der Waals surface area contributed by atoms with Gasteiger partial charge in [-0.05, 0) is 27.7 Å². The summed E-state index contributed by atoms with van der Waals surface area (Å²) >= 11 is 6.12. The van der Waals surface area contributed by atoms with Crippen molar-refractivity contribution in [2.75, 3.05) is 6.54 Å². The smallest absolute Gasteiger partial charge is 0.221 e. The monoisotopic (exact) mass is 286 g/mol. The van der Waals surface area contributed by atoms with E-state index in [0.717, 1.165) is 11.3 Å². The predicted octanol–water partition coefficient (Wildman–Crippen LogP) is 1.78. The van der Waals surface area contributed by atoms with Crippen LogP contribution in [0.2, 0.25) is 5.15 Å². The second kappa shape index (κ2) is 6.39. The molecule has 1 aromatic rings. The average molecular weight is 287 g/mol. The van der Waals surface area contributed by atoms with Crippen molar-refractivity contribution in [2.24, 2.45) is 7.05 Å². The minimum absolute atomic E-state index is 0.0500. The van der Waals surface area contributed by atoms with Crippen LogP contribution in [0, 0.1) is 6.92 Å². The molecule has 0 aromatic carbocycles. The number of rotatable bonds is 5. The molecular weight excluding hydrogens is 264 g/mol. The number of hydrogen-bond donors (Lipinski definition) is 2. The third-order valence-electron chi connectivity index (χ3n) is 2.61. The van der Waals surface area contributed by atoms with E-state index in [1.54, 1.807) is 4.68 Å². The number of aromatic nitrogens is 2. The molecule has 6 heteroatoms. The topological polar surface area (TPSA) is 59.0 Å². The van der Waals surface area contributed by atoms with Gasteiger partial charge in [-0.15, -0.1) is 0 Å². The van der Waals surface area contributed by atoms with Gasteiger partial charge in [0.2, 0.25) is 5.91 Å². The van der Waals surface area contributed by atoms with E-state index in [-0.39, 0.29) is 11.4 Å². The maximum absolute atomic E-state index is 11.6. The standard InChI is InChI=1S/C13H23ClN4O/c1-9-10(12(14)18(5)17-9)8-15-7-6-11(19)16-13(2,3)4/h15H,6-8H2,1-5H3,(H,16,19). The molecule has 0 fully saturated rings. The quantitative estimate of drug-likeness (QED) is 0.811. The van der Waals surface area contributed by atoms with Gasteiger partial charge in [0.1, 0.15) is 5.15 Å². The third kappa shape index (κ3) is 5.20. The minimum Gasteiger partial charge on any atom is -0.351 e. The first-order valence-electron chi connectivity index (χ1n) is 6.40. The highest BCUT2D eigenvalue weighted by molar-refractivity contribution is 6.30. The van der Waals surface area contributed by atoms with Crippen LogP contribution in [0.3, 0.4) is 0 Å². The average Bonchev–Trinajstić information content (AvgIpc) is 2.47. The van der Waals surface area contributed by atoms with E-state index in [0.29, 0.717) is 24.7 Å². The maximum Gasteiger partial charge on any atom is 0.221 e. The zero-order valence-electron chi connectivity index (χ0n) is 12.3. The van der Waals surface area contributed by atoms with Gasteiger partial charge in [-0.25, -0.2) is 0 Å². The van der Waals surface area contributed by atoms with Crippen molar-refractivity contribution >= 4 is 17.5 Å². The van der Waals surface area contributed by atoms with E-state index in [1.165, 1.54) is 0 Å². The summed E-state index contributed by atoms with van der Waals surface area (Å²) in [6.07, 6.45) is 0.453. The fourth-order valence-electron chi connectivity index (χ4n) is 1.77. The van der Waals surface area contributed by atoms with Crippen molar-refractivity contribution in [1.82, 2.24) is 20.4 Å². The number of amides is 1. The van der Waals surface area contributed by atoms with Gasteiger partial charge >= 0.3 is 0 Å². The molecule has 1 aromatic heterocycles. The van der Waals surface area contributed by atoms with Crippen molar-refractivity contribution in [2.45, 2.75) is 46.2 Å². The molecule has 0 radical (unpaired) electrons. The highest BCUT2D eigenvalue weighted by Gasteiger charge is 2.14. The third-order valence-corrected chi connectivity index (χ3v) is 3.09. The van der Waals surface area contributed by atoms with E-state index < -0.39 is 0 Å². The van der Waals surface area contributed by atoms with Gasteiger partial charge in [-0.1, -0.05) is 11.6 Å². The van der Waals surface area contributed by atoms with Crippen LogP contribution in [0.4, 0.5) is 0 Å². The molecule has 1 amide bonds. The minimum atomic E-state index is -0.180. The van der Waals surface area contributed by atoms with Crippen LogP contribution < -0.4 is 10.6 Å². The Kier molecular flexibility index (Phi) is 5.38. The number of carbonyl (C=O) groups is 1. The van der Waals surface area contributed by atoms with E-state index in [2.05, 4.69) is 15.7 Å². The lowest BCUT2D eigenvalue weighted by molar-refractivity contribution is -0.122. The normalized spacial score (nSPS) is 11.7. The van der Waals surface area contributed by atoms with Crippen LogP contribution >= 0.6 is 11.6 Å². The molecule has 0 atom stereocenters. The zero-order chi connectivity index (χ0) is 14.6. The predicted molar refractivity (Wildman–Crippen MR) is 77.2 cm³/mol. The largest absolute Gasteiger partial charge is 0.351 e. The Labute approximate surface area is 119 Å². The van der Waals surface area contributed by atoms with Crippen LogP contribution in [0.1, 0.15) is 38.4 Å². The lowest BCUT2D eigenvalue weighted by Crippen LogP contribution is -2.41. The van der Waals surface area contributed by atoms with Crippen LogP contribution in [-0.2, 0) is 18.4 Å². The fraction of sp³-hybridized carbons (Fsp3) is 0.692. The SMILES string of the molecule is Cc1nn(C)c(Cl)c1CNCCC(=O)NC(C)(C)C. The molecule has 0 unspecified atom stereocenters. The summed E-state index contributed by atoms with van der Waals surface area (Å²) in [7, 11) is 1.82. The number of halogens is 1. The summed E-state index contributed by atoms with van der Waals surface area (Å²) in [5, 5.41) is 11.0. The molecule has 0 aliphatic carbocycles. The van der Waals surface area contributed by atoms with E-state index >= 15 is 0 Å². The van der Waals surface area contributed by atoms with Gasteiger partial charge in [-0.3, -0.25) is 9.48 Å². The lowest BCUT2D eigenvalue weighted by atomic mass is 10.1. The Balaban J connectivity index is 2.33. The van der Waals surface area contributed by atoms with Crippen molar-refractivity contribution in [3.63, 3.8) is 0 Å². The Morgan fingerprint density at radius 1 is 1.42 bits per heavy atom. The molecule has 0 bridgehead atoms. The molecule has 1 rings (SSSR count). The van der Waals surface area contributed by atoms with Crippen LogP contribution in [-0.4, -0.2) is 27.8 Å². The van der Waals surface area contributed by atoms with Gasteiger partial charge in [0.25, 0.3) is 0 Å². The summed E-state index contributed by atoms with van der Waals surface area (Å²) in [4.78, 5) is 11.6. The second-order valence-corrected chi connectivity index (χ2v) is 6.06. The molecule has 0 aliphatic heterocycles. The lowest BCUT2D eigenvalue weighted by Gasteiger charge is -2.20. The van der Waals surface area contributed by atoms with Gasteiger partial charge in [-0.2, -0.15) is 5.10 Å². The van der Waals surface area contributed by atoms with Crippen LogP contribution in [0.5, 0.6) is 0 Å². The Morgan fingerprint density at radius 2 is 2.05 bits per heavy atom. The number of carbonyl (C=O) groups excluding carboxylic acids is 1. The summed E-state index contributed by atoms with van der Waals surface area (Å²) < 4.78 is 1.65. The maximum atomic E-state index is 11.6. The van der Waals surface area contributed by atoms with Crippen molar-refractivity contribution < 1.29 is 4.79 Å². The molecule has 19 heavy (non-hydrogen) atoms. The van der Waals surface area contributed by atoms with Gasteiger partial charge in [0.15, 0.2) is 0 Å².